The second-order valence-electron chi connectivity index (χ2n) is 4.35. The number of para-hydroxylation sites is 1. The van der Waals surface area contributed by atoms with E-state index in [1.807, 2.05) is 53.9 Å². The second kappa shape index (κ2) is 5.35. The van der Waals surface area contributed by atoms with E-state index in [1.165, 1.54) is 0 Å². The maximum atomic E-state index is 5.99. The Balaban J connectivity index is 1.95. The van der Waals surface area contributed by atoms with Crippen LogP contribution in [0.2, 0.25) is 0 Å². The highest BCUT2D eigenvalue weighted by atomic mass is 32.1. The summed E-state index contributed by atoms with van der Waals surface area (Å²) < 4.78 is 5.16. The van der Waals surface area contributed by atoms with E-state index in [0.29, 0.717) is 0 Å². The van der Waals surface area contributed by atoms with Crippen molar-refractivity contribution in [1.82, 2.24) is 4.98 Å². The molecule has 0 spiro atoms. The lowest BCUT2D eigenvalue weighted by Gasteiger charge is -2.01. The van der Waals surface area contributed by atoms with Crippen molar-refractivity contribution in [3.8, 4) is 27.6 Å². The molecule has 0 aliphatic carbocycles. The minimum absolute atomic E-state index is 0.749. The van der Waals surface area contributed by atoms with Crippen molar-refractivity contribution in [2.45, 2.75) is 0 Å². The molecule has 4 heteroatoms. The van der Waals surface area contributed by atoms with E-state index in [9.17, 15) is 0 Å². The highest BCUT2D eigenvalue weighted by molar-refractivity contribution is 7.13. The Bertz CT molecular complexity index is 719. The quantitative estimate of drug-likeness (QED) is 0.737. The molecule has 3 rings (SSSR count). The molecule has 0 fully saturated rings. The van der Waals surface area contributed by atoms with Crippen LogP contribution in [0.15, 0.2) is 53.9 Å². The number of hydrogen-bond acceptors (Lipinski definition) is 4. The number of ether oxygens (including phenoxy) is 1. The van der Waals surface area contributed by atoms with Gasteiger partial charge in [0.25, 0.3) is 0 Å². The Hall–Kier alpha value is -2.33. The molecule has 0 bridgehead atoms. The maximum absolute atomic E-state index is 5.99. The molecule has 2 aromatic carbocycles. The van der Waals surface area contributed by atoms with Crippen LogP contribution in [-0.4, -0.2) is 12.1 Å². The number of nitrogen functional groups attached to an aromatic ring is 1. The summed E-state index contributed by atoms with van der Waals surface area (Å²) >= 11 is 1.61. The summed E-state index contributed by atoms with van der Waals surface area (Å²) in [6.45, 7) is 0. The SMILES string of the molecule is COc1ccc(-c2nc(-c3ccccc3N)cs2)cc1. The van der Waals surface area contributed by atoms with Gasteiger partial charge in [-0.2, -0.15) is 0 Å². The first-order valence-electron chi connectivity index (χ1n) is 6.23. The lowest BCUT2D eigenvalue weighted by atomic mass is 10.1. The molecule has 0 aliphatic rings. The Morgan fingerprint density at radius 1 is 1.05 bits per heavy atom. The van der Waals surface area contributed by atoms with Gasteiger partial charge in [0.1, 0.15) is 10.8 Å². The number of methoxy groups -OCH3 is 1. The molecule has 1 aromatic heterocycles. The van der Waals surface area contributed by atoms with Crippen molar-refractivity contribution in [2.75, 3.05) is 12.8 Å². The van der Waals surface area contributed by atoms with E-state index in [2.05, 4.69) is 4.98 Å². The van der Waals surface area contributed by atoms with E-state index in [-0.39, 0.29) is 0 Å². The van der Waals surface area contributed by atoms with Crippen LogP contribution in [0, 0.1) is 0 Å². The van der Waals surface area contributed by atoms with Crippen molar-refractivity contribution < 1.29 is 4.74 Å². The van der Waals surface area contributed by atoms with Crippen LogP contribution >= 0.6 is 11.3 Å². The number of nitrogens with two attached hydrogens (primary N) is 1. The monoisotopic (exact) mass is 282 g/mol. The van der Waals surface area contributed by atoms with Crippen LogP contribution in [0.4, 0.5) is 5.69 Å². The third-order valence-corrected chi connectivity index (χ3v) is 3.97. The van der Waals surface area contributed by atoms with Gasteiger partial charge in [-0.1, -0.05) is 18.2 Å². The third-order valence-electron chi connectivity index (χ3n) is 3.08. The van der Waals surface area contributed by atoms with Gasteiger partial charge in [0.15, 0.2) is 0 Å². The van der Waals surface area contributed by atoms with Gasteiger partial charge in [-0.15, -0.1) is 11.3 Å². The van der Waals surface area contributed by atoms with Crippen molar-refractivity contribution in [2.24, 2.45) is 0 Å². The van der Waals surface area contributed by atoms with E-state index in [0.717, 1.165) is 33.3 Å². The summed E-state index contributed by atoms with van der Waals surface area (Å²) in [7, 11) is 1.66. The molecular formula is C16H14N2OS. The van der Waals surface area contributed by atoms with Gasteiger partial charge in [-0.3, -0.25) is 0 Å². The third kappa shape index (κ3) is 2.38. The minimum atomic E-state index is 0.749. The van der Waals surface area contributed by atoms with E-state index >= 15 is 0 Å². The number of benzene rings is 2. The van der Waals surface area contributed by atoms with Gasteiger partial charge in [-0.05, 0) is 30.3 Å². The molecule has 0 atom stereocenters. The Morgan fingerprint density at radius 3 is 2.50 bits per heavy atom. The second-order valence-corrected chi connectivity index (χ2v) is 5.21. The summed E-state index contributed by atoms with van der Waals surface area (Å²) in [4.78, 5) is 4.66. The fourth-order valence-corrected chi connectivity index (χ4v) is 2.82. The zero-order chi connectivity index (χ0) is 13.9. The number of thiazole rings is 1. The normalized spacial score (nSPS) is 10.4. The highest BCUT2D eigenvalue weighted by Crippen LogP contribution is 2.32. The molecule has 0 aliphatic heterocycles. The van der Waals surface area contributed by atoms with Gasteiger partial charge in [-0.25, -0.2) is 4.98 Å². The number of anilines is 1. The van der Waals surface area contributed by atoms with Gasteiger partial charge in [0.2, 0.25) is 0 Å². The summed E-state index contributed by atoms with van der Waals surface area (Å²) in [6.07, 6.45) is 0. The zero-order valence-corrected chi connectivity index (χ0v) is 11.9. The molecule has 20 heavy (non-hydrogen) atoms. The molecule has 0 unspecified atom stereocenters. The molecule has 0 saturated heterocycles. The van der Waals surface area contributed by atoms with Crippen molar-refractivity contribution >= 4 is 17.0 Å². The first-order valence-corrected chi connectivity index (χ1v) is 7.11. The van der Waals surface area contributed by atoms with Crippen LogP contribution in [0.5, 0.6) is 5.75 Å². The molecule has 1 heterocycles. The maximum Gasteiger partial charge on any atom is 0.124 e. The van der Waals surface area contributed by atoms with Crippen LogP contribution in [0.25, 0.3) is 21.8 Å². The van der Waals surface area contributed by atoms with Crippen molar-refractivity contribution in [3.63, 3.8) is 0 Å². The molecule has 100 valence electrons. The predicted octanol–water partition coefficient (Wildman–Crippen LogP) is 4.07. The lowest BCUT2D eigenvalue weighted by Crippen LogP contribution is -1.89. The van der Waals surface area contributed by atoms with Gasteiger partial charge in [0.05, 0.1) is 12.8 Å². The number of nitrogens with zero attached hydrogens (tertiary/aromatic N) is 1. The summed E-state index contributed by atoms with van der Waals surface area (Å²) in [5, 5.41) is 3.01. The topological polar surface area (TPSA) is 48.1 Å². The Morgan fingerprint density at radius 2 is 1.80 bits per heavy atom. The first-order chi connectivity index (χ1) is 9.78. The predicted molar refractivity (Wildman–Crippen MR) is 84.0 cm³/mol. The largest absolute Gasteiger partial charge is 0.497 e. The van der Waals surface area contributed by atoms with Crippen LogP contribution in [0.3, 0.4) is 0 Å². The molecule has 0 amide bonds. The summed E-state index contributed by atoms with van der Waals surface area (Å²) in [5.74, 6) is 0.845. The standard InChI is InChI=1S/C16H14N2OS/c1-19-12-8-6-11(7-9-12)16-18-15(10-20-16)13-4-2-3-5-14(13)17/h2-10H,17H2,1H3. The van der Waals surface area contributed by atoms with E-state index in [1.54, 1.807) is 18.4 Å². The molecular weight excluding hydrogens is 268 g/mol. The number of rotatable bonds is 3. The van der Waals surface area contributed by atoms with Gasteiger partial charge < -0.3 is 10.5 Å². The number of aromatic nitrogens is 1. The van der Waals surface area contributed by atoms with E-state index < -0.39 is 0 Å². The molecule has 3 nitrogen and oxygen atoms in total. The molecule has 3 aromatic rings. The Labute approximate surface area is 121 Å². The van der Waals surface area contributed by atoms with Gasteiger partial charge >= 0.3 is 0 Å². The zero-order valence-electron chi connectivity index (χ0n) is 11.0. The van der Waals surface area contributed by atoms with E-state index in [4.69, 9.17) is 10.5 Å². The first kappa shape index (κ1) is 12.7. The average molecular weight is 282 g/mol. The Kier molecular flexibility index (Phi) is 3.39. The molecule has 2 N–H and O–H groups in total. The summed E-state index contributed by atoms with van der Waals surface area (Å²) in [6, 6.07) is 15.7. The average Bonchev–Trinajstić information content (AvgIpc) is 2.97. The minimum Gasteiger partial charge on any atom is -0.497 e. The van der Waals surface area contributed by atoms with Crippen LogP contribution in [-0.2, 0) is 0 Å². The fourth-order valence-electron chi connectivity index (χ4n) is 1.99. The fraction of sp³-hybridized carbons (Fsp3) is 0.0625. The van der Waals surface area contributed by atoms with Crippen LogP contribution < -0.4 is 10.5 Å². The van der Waals surface area contributed by atoms with Crippen molar-refractivity contribution in [1.29, 1.82) is 0 Å². The number of hydrogen-bond donors (Lipinski definition) is 1. The highest BCUT2D eigenvalue weighted by Gasteiger charge is 2.08. The lowest BCUT2D eigenvalue weighted by molar-refractivity contribution is 0.415. The smallest absolute Gasteiger partial charge is 0.124 e. The van der Waals surface area contributed by atoms with Gasteiger partial charge in [0, 0.05) is 22.2 Å². The molecule has 0 radical (unpaired) electrons. The molecule has 0 saturated carbocycles. The summed E-state index contributed by atoms with van der Waals surface area (Å²) in [5.41, 5.74) is 9.71. The van der Waals surface area contributed by atoms with Crippen LogP contribution in [0.1, 0.15) is 0 Å². The van der Waals surface area contributed by atoms with Crippen molar-refractivity contribution in [3.05, 3.63) is 53.9 Å².